The molecule has 118 valence electrons. The Bertz CT molecular complexity index is 646. The summed E-state index contributed by atoms with van der Waals surface area (Å²) in [6.45, 7) is 4.83. The van der Waals surface area contributed by atoms with Gasteiger partial charge >= 0.3 is 0 Å². The van der Waals surface area contributed by atoms with Gasteiger partial charge < -0.3 is 9.47 Å². The van der Waals surface area contributed by atoms with Gasteiger partial charge in [0.15, 0.2) is 11.5 Å². The zero-order chi connectivity index (χ0) is 16.3. The lowest BCUT2D eigenvalue weighted by Crippen LogP contribution is -2.27. The Hall–Kier alpha value is -1.24. The molecule has 1 saturated heterocycles. The Morgan fingerprint density at radius 2 is 2.14 bits per heavy atom. The summed E-state index contributed by atoms with van der Waals surface area (Å²) < 4.78 is 11.4. The number of nitrogens with zero attached hydrogens (tertiary/aromatic N) is 1. The van der Waals surface area contributed by atoms with Crippen LogP contribution in [0.2, 0.25) is 5.02 Å². The molecule has 1 aromatic rings. The van der Waals surface area contributed by atoms with Crippen LogP contribution >= 0.6 is 35.6 Å². The molecule has 4 nitrogen and oxygen atoms in total. The van der Waals surface area contributed by atoms with E-state index in [1.807, 2.05) is 13.8 Å². The van der Waals surface area contributed by atoms with Gasteiger partial charge in [0, 0.05) is 6.54 Å². The molecule has 1 aliphatic rings. The Balaban J connectivity index is 2.40. The summed E-state index contributed by atoms with van der Waals surface area (Å²) in [5, 5.41) is 0.436. The van der Waals surface area contributed by atoms with Gasteiger partial charge in [-0.15, -0.1) is 0 Å². The smallest absolute Gasteiger partial charge is 0.266 e. The number of halogens is 1. The molecule has 7 heteroatoms. The van der Waals surface area contributed by atoms with Crippen molar-refractivity contribution in [1.29, 1.82) is 0 Å². The molecule has 1 heterocycles. The van der Waals surface area contributed by atoms with Crippen LogP contribution in [-0.2, 0) is 4.79 Å². The van der Waals surface area contributed by atoms with Gasteiger partial charge in [-0.3, -0.25) is 9.69 Å². The van der Waals surface area contributed by atoms with Gasteiger partial charge in [-0.05, 0) is 37.6 Å². The first-order valence-electron chi connectivity index (χ1n) is 6.77. The number of carbonyl (C=O) groups is 1. The van der Waals surface area contributed by atoms with Crippen molar-refractivity contribution in [2.75, 3.05) is 20.3 Å². The van der Waals surface area contributed by atoms with E-state index in [1.54, 1.807) is 23.1 Å². The zero-order valence-electron chi connectivity index (χ0n) is 12.5. The van der Waals surface area contributed by atoms with Crippen molar-refractivity contribution in [2.45, 2.75) is 13.8 Å². The van der Waals surface area contributed by atoms with Crippen molar-refractivity contribution in [3.05, 3.63) is 27.6 Å². The van der Waals surface area contributed by atoms with Crippen LogP contribution in [0.5, 0.6) is 11.5 Å². The minimum Gasteiger partial charge on any atom is -0.491 e. The number of rotatable bonds is 5. The van der Waals surface area contributed by atoms with E-state index in [2.05, 4.69) is 0 Å². The van der Waals surface area contributed by atoms with Gasteiger partial charge in [0.05, 0.1) is 23.6 Å². The van der Waals surface area contributed by atoms with E-state index >= 15 is 0 Å². The first kappa shape index (κ1) is 17.1. The highest BCUT2D eigenvalue weighted by atomic mass is 35.5. The van der Waals surface area contributed by atoms with Crippen molar-refractivity contribution in [2.24, 2.45) is 0 Å². The predicted octanol–water partition coefficient (Wildman–Crippen LogP) is 3.97. The molecule has 1 aliphatic heterocycles. The lowest BCUT2D eigenvalue weighted by atomic mass is 10.1. The molecule has 0 spiro atoms. The number of methoxy groups -OCH3 is 1. The van der Waals surface area contributed by atoms with Crippen molar-refractivity contribution in [3.63, 3.8) is 0 Å². The van der Waals surface area contributed by atoms with Crippen LogP contribution in [0.25, 0.3) is 6.08 Å². The third kappa shape index (κ3) is 3.39. The van der Waals surface area contributed by atoms with Crippen LogP contribution in [0, 0.1) is 0 Å². The van der Waals surface area contributed by atoms with Gasteiger partial charge in [-0.1, -0.05) is 35.6 Å². The highest BCUT2D eigenvalue weighted by Gasteiger charge is 2.30. The summed E-state index contributed by atoms with van der Waals surface area (Å²) in [7, 11) is 1.54. The standard InChI is InChI=1S/C15H16ClNO3S2/c1-4-17-14(18)12(22-15(17)21)8-9-6-10(16)13(19-3)11(7-9)20-5-2/h6-8H,4-5H2,1-3H3/b12-8-. The molecule has 22 heavy (non-hydrogen) atoms. The van der Waals surface area contributed by atoms with E-state index in [4.69, 9.17) is 33.3 Å². The van der Waals surface area contributed by atoms with E-state index in [0.29, 0.717) is 38.9 Å². The molecule has 0 atom stereocenters. The molecular weight excluding hydrogens is 342 g/mol. The van der Waals surface area contributed by atoms with Crippen molar-refractivity contribution >= 4 is 51.9 Å². The number of benzene rings is 1. The summed E-state index contributed by atoms with van der Waals surface area (Å²) in [5.41, 5.74) is 0.769. The number of amides is 1. The predicted molar refractivity (Wildman–Crippen MR) is 94.7 cm³/mol. The average Bonchev–Trinajstić information content (AvgIpc) is 2.73. The first-order chi connectivity index (χ1) is 10.5. The molecule has 0 unspecified atom stereocenters. The number of hydrogen-bond donors (Lipinski definition) is 0. The summed E-state index contributed by atoms with van der Waals surface area (Å²) in [5.74, 6) is 0.957. The number of thioether (sulfide) groups is 1. The normalized spacial score (nSPS) is 16.5. The van der Waals surface area contributed by atoms with Crippen LogP contribution in [-0.4, -0.2) is 35.4 Å². The summed E-state index contributed by atoms with van der Waals surface area (Å²) >= 11 is 12.7. The molecule has 0 aliphatic carbocycles. The molecule has 0 N–H and O–H groups in total. The Morgan fingerprint density at radius 1 is 1.41 bits per heavy atom. The third-order valence-electron chi connectivity index (χ3n) is 3.02. The van der Waals surface area contributed by atoms with E-state index in [-0.39, 0.29) is 5.91 Å². The molecule has 1 amide bonds. The third-order valence-corrected chi connectivity index (χ3v) is 4.68. The maximum absolute atomic E-state index is 12.2. The quantitative estimate of drug-likeness (QED) is 0.589. The minimum atomic E-state index is -0.0811. The summed E-state index contributed by atoms with van der Waals surface area (Å²) in [4.78, 5) is 14.4. The van der Waals surface area contributed by atoms with Crippen LogP contribution < -0.4 is 9.47 Å². The zero-order valence-corrected chi connectivity index (χ0v) is 14.9. The van der Waals surface area contributed by atoms with Crippen molar-refractivity contribution < 1.29 is 14.3 Å². The van der Waals surface area contributed by atoms with Gasteiger partial charge in [0.1, 0.15) is 4.32 Å². The first-order valence-corrected chi connectivity index (χ1v) is 8.37. The van der Waals surface area contributed by atoms with Crippen LogP contribution in [0.4, 0.5) is 0 Å². The Labute approximate surface area is 144 Å². The van der Waals surface area contributed by atoms with Gasteiger partial charge in [0.25, 0.3) is 5.91 Å². The number of thiocarbonyl (C=S) groups is 1. The molecule has 0 bridgehead atoms. The van der Waals surface area contributed by atoms with E-state index < -0.39 is 0 Å². The fourth-order valence-corrected chi connectivity index (χ4v) is 3.74. The Morgan fingerprint density at radius 3 is 2.68 bits per heavy atom. The van der Waals surface area contributed by atoms with E-state index in [9.17, 15) is 4.79 Å². The topological polar surface area (TPSA) is 38.8 Å². The van der Waals surface area contributed by atoms with E-state index in [1.165, 1.54) is 18.9 Å². The monoisotopic (exact) mass is 357 g/mol. The van der Waals surface area contributed by atoms with Crippen molar-refractivity contribution in [1.82, 2.24) is 4.90 Å². The SMILES string of the molecule is CCOc1cc(/C=C2\SC(=S)N(CC)C2=O)cc(Cl)c1OC. The maximum Gasteiger partial charge on any atom is 0.266 e. The molecule has 1 fully saturated rings. The highest BCUT2D eigenvalue weighted by molar-refractivity contribution is 8.26. The highest BCUT2D eigenvalue weighted by Crippen LogP contribution is 2.38. The number of carbonyl (C=O) groups excluding carboxylic acids is 1. The fraction of sp³-hybridized carbons (Fsp3) is 0.333. The molecule has 1 aromatic carbocycles. The summed E-state index contributed by atoms with van der Waals surface area (Å²) in [6, 6.07) is 3.54. The average molecular weight is 358 g/mol. The van der Waals surface area contributed by atoms with Crippen LogP contribution in [0.15, 0.2) is 17.0 Å². The summed E-state index contributed by atoms with van der Waals surface area (Å²) in [6.07, 6.45) is 1.77. The second-order valence-electron chi connectivity index (χ2n) is 4.39. The number of likely N-dealkylation sites (N-methyl/N-ethyl adjacent to an activating group) is 1. The number of hydrogen-bond acceptors (Lipinski definition) is 5. The van der Waals surface area contributed by atoms with E-state index in [0.717, 1.165) is 5.56 Å². The molecular formula is C15H16ClNO3S2. The maximum atomic E-state index is 12.2. The molecule has 0 aromatic heterocycles. The second-order valence-corrected chi connectivity index (χ2v) is 6.48. The largest absolute Gasteiger partial charge is 0.491 e. The minimum absolute atomic E-state index is 0.0811. The second kappa shape index (κ2) is 7.35. The lowest BCUT2D eigenvalue weighted by Gasteiger charge is -2.12. The van der Waals surface area contributed by atoms with Gasteiger partial charge in [-0.2, -0.15) is 0 Å². The Kier molecular flexibility index (Phi) is 5.72. The molecule has 0 radical (unpaired) electrons. The van der Waals surface area contributed by atoms with Gasteiger partial charge in [-0.25, -0.2) is 0 Å². The van der Waals surface area contributed by atoms with Crippen LogP contribution in [0.3, 0.4) is 0 Å². The molecule has 2 rings (SSSR count). The van der Waals surface area contributed by atoms with Crippen molar-refractivity contribution in [3.8, 4) is 11.5 Å². The lowest BCUT2D eigenvalue weighted by molar-refractivity contribution is -0.121. The van der Waals surface area contributed by atoms with Crippen LogP contribution in [0.1, 0.15) is 19.4 Å². The fourth-order valence-electron chi connectivity index (χ4n) is 2.06. The number of ether oxygens (including phenoxy) is 2. The molecule has 0 saturated carbocycles. The van der Waals surface area contributed by atoms with Gasteiger partial charge in [0.2, 0.25) is 0 Å².